The van der Waals surface area contributed by atoms with Crippen LogP contribution >= 0.6 is 0 Å². The van der Waals surface area contributed by atoms with E-state index in [1.54, 1.807) is 14.0 Å². The molecule has 0 aromatic carbocycles. The first-order valence-electron chi connectivity index (χ1n) is 8.85. The largest absolute Gasteiger partial charge is 0.350 e. The second kappa shape index (κ2) is 7.22. The highest BCUT2D eigenvalue weighted by Crippen LogP contribution is 2.28. The lowest BCUT2D eigenvalue weighted by Gasteiger charge is -2.46. The van der Waals surface area contributed by atoms with E-state index in [1.807, 2.05) is 20.8 Å². The summed E-state index contributed by atoms with van der Waals surface area (Å²) in [6.45, 7) is 7.23. The molecule has 2 aliphatic rings. The van der Waals surface area contributed by atoms with Crippen molar-refractivity contribution in [3.8, 4) is 0 Å². The summed E-state index contributed by atoms with van der Waals surface area (Å²) in [5, 5.41) is 8.61. The van der Waals surface area contributed by atoms with Crippen LogP contribution < -0.4 is 16.0 Å². The smallest absolute Gasteiger partial charge is 0.327 e. The molecule has 0 radical (unpaired) electrons. The number of urea groups is 1. The Hall–Kier alpha value is -2.16. The van der Waals surface area contributed by atoms with Crippen LogP contribution in [-0.4, -0.2) is 71.4 Å². The molecular weight excluding hydrogens is 338 g/mol. The highest BCUT2D eigenvalue weighted by Gasteiger charge is 2.47. The first-order valence-corrected chi connectivity index (χ1v) is 8.85. The number of fused-ring (bicyclic) bond motifs is 1. The highest BCUT2D eigenvalue weighted by molar-refractivity contribution is 5.98. The number of nitrogens with zero attached hydrogens (tertiary/aromatic N) is 2. The molecule has 2 fully saturated rings. The van der Waals surface area contributed by atoms with E-state index < -0.39 is 24.3 Å². The Labute approximate surface area is 153 Å². The number of nitrogens with one attached hydrogen (secondary N) is 3. The van der Waals surface area contributed by atoms with Crippen LogP contribution in [0.25, 0.3) is 0 Å². The average Bonchev–Trinajstić information content (AvgIpc) is 2.55. The second-order valence-corrected chi connectivity index (χ2v) is 8.11. The minimum absolute atomic E-state index is 0.234. The maximum absolute atomic E-state index is 12.5. The van der Waals surface area contributed by atoms with Crippen molar-refractivity contribution in [2.75, 3.05) is 14.1 Å². The van der Waals surface area contributed by atoms with Crippen LogP contribution in [0.15, 0.2) is 0 Å². The summed E-state index contributed by atoms with van der Waals surface area (Å²) in [4.78, 5) is 51.6. The molecule has 9 heteroatoms. The monoisotopic (exact) mass is 367 g/mol. The van der Waals surface area contributed by atoms with Gasteiger partial charge in [-0.2, -0.15) is 0 Å². The zero-order valence-corrected chi connectivity index (χ0v) is 16.3. The number of rotatable bonds is 3. The summed E-state index contributed by atoms with van der Waals surface area (Å²) in [5.41, 5.74) is -0.385. The molecule has 26 heavy (non-hydrogen) atoms. The lowest BCUT2D eigenvalue weighted by Crippen LogP contribution is -2.69. The standard InChI is InChI=1S/C17H29N5O4/c1-9(13(23)20-17(2,3)4)18-14(24)11-8-7-10-12(19-11)21(5)16(26)22(6)15(10)25/h9-12,19H,7-8H2,1-6H3,(H,18,24)(H,20,23). The zero-order valence-electron chi connectivity index (χ0n) is 16.3. The van der Waals surface area contributed by atoms with Crippen molar-refractivity contribution in [2.45, 2.75) is 64.3 Å². The first-order chi connectivity index (χ1) is 11.9. The van der Waals surface area contributed by atoms with Crippen LogP contribution in [0.4, 0.5) is 4.79 Å². The topological polar surface area (TPSA) is 111 Å². The van der Waals surface area contributed by atoms with Gasteiger partial charge in [-0.3, -0.25) is 24.6 Å². The molecule has 146 valence electrons. The molecule has 2 rings (SSSR count). The van der Waals surface area contributed by atoms with Crippen LogP contribution in [-0.2, 0) is 14.4 Å². The number of amides is 5. The number of hydrogen-bond acceptors (Lipinski definition) is 5. The molecule has 4 unspecified atom stereocenters. The van der Waals surface area contributed by atoms with Gasteiger partial charge < -0.3 is 15.5 Å². The summed E-state index contributed by atoms with van der Waals surface area (Å²) in [6, 6.07) is -1.64. The molecule has 4 atom stereocenters. The fraction of sp³-hybridized carbons (Fsp3) is 0.765. The number of hydrogen-bond donors (Lipinski definition) is 3. The van der Waals surface area contributed by atoms with Gasteiger partial charge >= 0.3 is 6.03 Å². The van der Waals surface area contributed by atoms with E-state index in [-0.39, 0.29) is 29.2 Å². The second-order valence-electron chi connectivity index (χ2n) is 8.11. The number of carbonyl (C=O) groups excluding carboxylic acids is 4. The van der Waals surface area contributed by atoms with Gasteiger partial charge in [-0.25, -0.2) is 4.79 Å². The van der Waals surface area contributed by atoms with Crippen LogP contribution in [0.1, 0.15) is 40.5 Å². The molecule has 2 aliphatic heterocycles. The quantitative estimate of drug-likeness (QED) is 0.630. The van der Waals surface area contributed by atoms with Gasteiger partial charge in [-0.05, 0) is 40.5 Å². The van der Waals surface area contributed by atoms with E-state index in [0.717, 1.165) is 4.90 Å². The molecule has 0 aliphatic carbocycles. The van der Waals surface area contributed by atoms with Gasteiger partial charge in [0, 0.05) is 19.6 Å². The summed E-state index contributed by atoms with van der Waals surface area (Å²) in [6.07, 6.45) is 0.441. The molecule has 2 heterocycles. The van der Waals surface area contributed by atoms with Gasteiger partial charge in [0.1, 0.15) is 6.04 Å². The fourth-order valence-corrected chi connectivity index (χ4v) is 3.31. The first kappa shape index (κ1) is 20.2. The Morgan fingerprint density at radius 3 is 2.38 bits per heavy atom. The van der Waals surface area contributed by atoms with Crippen LogP contribution in [0.5, 0.6) is 0 Å². The SMILES string of the molecule is CC(NC(=O)C1CCC2C(=O)N(C)C(=O)N(C)C2N1)C(=O)NC(C)(C)C. The predicted molar refractivity (Wildman–Crippen MR) is 94.9 cm³/mol. The lowest BCUT2D eigenvalue weighted by atomic mass is 9.88. The molecular formula is C17H29N5O4. The third-order valence-electron chi connectivity index (χ3n) is 4.74. The van der Waals surface area contributed by atoms with Crippen molar-refractivity contribution in [3.63, 3.8) is 0 Å². The molecule has 0 spiro atoms. The van der Waals surface area contributed by atoms with E-state index >= 15 is 0 Å². The number of piperidine rings is 1. The Balaban J connectivity index is 1.99. The van der Waals surface area contributed by atoms with Gasteiger partial charge in [-0.15, -0.1) is 0 Å². The molecule has 0 aromatic rings. The molecule has 0 aromatic heterocycles. The van der Waals surface area contributed by atoms with Crippen molar-refractivity contribution in [1.82, 2.24) is 25.8 Å². The molecule has 5 amide bonds. The Kier molecular flexibility index (Phi) is 5.60. The van der Waals surface area contributed by atoms with Crippen molar-refractivity contribution < 1.29 is 19.2 Å². The normalized spacial score (nSPS) is 27.7. The third kappa shape index (κ3) is 4.14. The Morgan fingerprint density at radius 1 is 1.19 bits per heavy atom. The van der Waals surface area contributed by atoms with E-state index in [1.165, 1.54) is 11.9 Å². The molecule has 3 N–H and O–H groups in total. The fourth-order valence-electron chi connectivity index (χ4n) is 3.31. The zero-order chi connectivity index (χ0) is 19.8. The van der Waals surface area contributed by atoms with Crippen molar-refractivity contribution >= 4 is 23.8 Å². The van der Waals surface area contributed by atoms with Crippen LogP contribution in [0, 0.1) is 5.92 Å². The van der Waals surface area contributed by atoms with Gasteiger partial charge in [-0.1, -0.05) is 0 Å². The summed E-state index contributed by atoms with van der Waals surface area (Å²) >= 11 is 0. The molecule has 0 bridgehead atoms. The predicted octanol–water partition coefficient (Wildman–Crippen LogP) is -0.376. The van der Waals surface area contributed by atoms with Gasteiger partial charge in [0.05, 0.1) is 18.1 Å². The lowest BCUT2D eigenvalue weighted by molar-refractivity contribution is -0.142. The average molecular weight is 367 g/mol. The number of imide groups is 1. The molecule has 9 nitrogen and oxygen atoms in total. The van der Waals surface area contributed by atoms with E-state index in [4.69, 9.17) is 0 Å². The maximum atomic E-state index is 12.5. The summed E-state index contributed by atoms with van der Waals surface area (Å²) < 4.78 is 0. The van der Waals surface area contributed by atoms with E-state index in [2.05, 4.69) is 16.0 Å². The minimum atomic E-state index is -0.681. The maximum Gasteiger partial charge on any atom is 0.327 e. The van der Waals surface area contributed by atoms with E-state index in [9.17, 15) is 19.2 Å². The van der Waals surface area contributed by atoms with E-state index in [0.29, 0.717) is 12.8 Å². The van der Waals surface area contributed by atoms with Gasteiger partial charge in [0.15, 0.2) is 0 Å². The van der Waals surface area contributed by atoms with Crippen molar-refractivity contribution in [1.29, 1.82) is 0 Å². The van der Waals surface area contributed by atoms with Gasteiger partial charge in [0.2, 0.25) is 17.7 Å². The van der Waals surface area contributed by atoms with Gasteiger partial charge in [0.25, 0.3) is 0 Å². The molecule has 2 saturated heterocycles. The number of carbonyl (C=O) groups is 4. The van der Waals surface area contributed by atoms with Crippen molar-refractivity contribution in [2.24, 2.45) is 5.92 Å². The van der Waals surface area contributed by atoms with Crippen LogP contribution in [0.3, 0.4) is 0 Å². The molecule has 0 saturated carbocycles. The Morgan fingerprint density at radius 2 is 1.81 bits per heavy atom. The van der Waals surface area contributed by atoms with Crippen LogP contribution in [0.2, 0.25) is 0 Å². The summed E-state index contributed by atoms with van der Waals surface area (Å²) in [5.74, 6) is -1.18. The summed E-state index contributed by atoms with van der Waals surface area (Å²) in [7, 11) is 3.07. The highest BCUT2D eigenvalue weighted by atomic mass is 16.2. The Bertz CT molecular complexity index is 615. The minimum Gasteiger partial charge on any atom is -0.350 e. The van der Waals surface area contributed by atoms with Crippen molar-refractivity contribution in [3.05, 3.63) is 0 Å². The third-order valence-corrected chi connectivity index (χ3v) is 4.74.